The Bertz CT molecular complexity index is 1120. The van der Waals surface area contributed by atoms with E-state index in [2.05, 4.69) is 5.32 Å². The van der Waals surface area contributed by atoms with Crippen molar-refractivity contribution >= 4 is 43.2 Å². The number of ketones is 1. The van der Waals surface area contributed by atoms with Gasteiger partial charge in [0.1, 0.15) is 11.9 Å². The van der Waals surface area contributed by atoms with Crippen LogP contribution in [0.15, 0.2) is 24.3 Å². The number of amides is 1. The molecule has 0 saturated carbocycles. The van der Waals surface area contributed by atoms with E-state index >= 15 is 0 Å². The Kier molecular flexibility index (Phi) is 14.1. The van der Waals surface area contributed by atoms with Crippen molar-refractivity contribution in [1.29, 1.82) is 0 Å². The molecule has 0 spiro atoms. The summed E-state index contributed by atoms with van der Waals surface area (Å²) in [6, 6.07) is 3.03. The van der Waals surface area contributed by atoms with Crippen molar-refractivity contribution in [2.45, 2.75) is 51.0 Å². The lowest BCUT2D eigenvalue weighted by atomic mass is 9.94. The number of benzene rings is 1. The summed E-state index contributed by atoms with van der Waals surface area (Å²) in [6.45, 7) is -0.467. The molecule has 0 bridgehead atoms. The maximum Gasteiger partial charge on any atom is 0.328 e. The van der Waals surface area contributed by atoms with Gasteiger partial charge in [-0.1, -0.05) is 0 Å². The monoisotopic (exact) mass is 590 g/mol. The van der Waals surface area contributed by atoms with E-state index in [1.807, 2.05) is 0 Å². The number of rotatable bonds is 20. The van der Waals surface area contributed by atoms with Gasteiger partial charge in [-0.3, -0.25) is 28.5 Å². The molecule has 1 rings (SSSR count). The van der Waals surface area contributed by atoms with Crippen LogP contribution in [0.5, 0.6) is 0 Å². The van der Waals surface area contributed by atoms with Gasteiger partial charge in [-0.15, -0.1) is 0 Å². The first-order valence-corrected chi connectivity index (χ1v) is 13.8. The first-order chi connectivity index (χ1) is 18.6. The minimum atomic E-state index is -4.45. The summed E-state index contributed by atoms with van der Waals surface area (Å²) in [7, 11) is -4.45. The van der Waals surface area contributed by atoms with Gasteiger partial charge in [0.2, 0.25) is 5.91 Å². The predicted octanol–water partition coefficient (Wildman–Crippen LogP) is 2.00. The molecular formula is C24H31FNO13P. The minimum Gasteiger partial charge on any atom is -0.481 e. The van der Waals surface area contributed by atoms with Crippen molar-refractivity contribution in [1.82, 2.24) is 5.32 Å². The molecule has 0 fully saturated rings. The molecule has 0 aromatic heterocycles. The molecule has 6 N–H and O–H groups in total. The second kappa shape index (κ2) is 16.4. The van der Waals surface area contributed by atoms with Crippen molar-refractivity contribution in [3.8, 4) is 0 Å². The summed E-state index contributed by atoms with van der Waals surface area (Å²) in [5.74, 6) is -10.2. The molecule has 1 amide bonds. The number of carboxylic acids is 4. The van der Waals surface area contributed by atoms with Crippen LogP contribution in [0, 0.1) is 17.7 Å². The summed E-state index contributed by atoms with van der Waals surface area (Å²) in [4.78, 5) is 79.3. The molecule has 0 aliphatic heterocycles. The number of carbonyl (C=O) groups excluding carboxylic acids is 2. The number of hydrogen-bond donors (Lipinski definition) is 6. The van der Waals surface area contributed by atoms with E-state index in [0.717, 1.165) is 12.1 Å². The van der Waals surface area contributed by atoms with E-state index in [9.17, 15) is 52.8 Å². The smallest absolute Gasteiger partial charge is 0.328 e. The van der Waals surface area contributed by atoms with Crippen LogP contribution in [0.3, 0.4) is 0 Å². The zero-order chi connectivity index (χ0) is 30.5. The molecule has 1 aromatic rings. The van der Waals surface area contributed by atoms with Crippen molar-refractivity contribution in [3.63, 3.8) is 0 Å². The van der Waals surface area contributed by atoms with Crippen LogP contribution in [0.1, 0.15) is 55.3 Å². The van der Waals surface area contributed by atoms with Gasteiger partial charge in [-0.25, -0.2) is 9.18 Å². The first-order valence-electron chi connectivity index (χ1n) is 12.1. The number of halogens is 1. The summed E-state index contributed by atoms with van der Waals surface area (Å²) < 4.78 is 30.0. The average molecular weight is 590 g/mol. The number of hydrogen-bond acceptors (Lipinski definition) is 8. The van der Waals surface area contributed by atoms with Crippen LogP contribution in [-0.2, 0) is 33.1 Å². The van der Waals surface area contributed by atoms with Gasteiger partial charge in [0.15, 0.2) is 5.78 Å². The molecule has 222 valence electrons. The molecule has 0 aliphatic rings. The maximum absolute atomic E-state index is 13.0. The molecule has 16 heteroatoms. The van der Waals surface area contributed by atoms with E-state index in [4.69, 9.17) is 14.7 Å². The van der Waals surface area contributed by atoms with E-state index in [-0.39, 0.29) is 24.8 Å². The highest BCUT2D eigenvalue weighted by atomic mass is 31.2. The average Bonchev–Trinajstić information content (AvgIpc) is 2.85. The van der Waals surface area contributed by atoms with E-state index in [0.29, 0.717) is 0 Å². The van der Waals surface area contributed by atoms with Crippen LogP contribution in [0.4, 0.5) is 4.39 Å². The minimum absolute atomic E-state index is 0.0939. The maximum atomic E-state index is 13.0. The third kappa shape index (κ3) is 13.4. The van der Waals surface area contributed by atoms with Gasteiger partial charge in [0.25, 0.3) is 0 Å². The summed E-state index contributed by atoms with van der Waals surface area (Å²) in [5.41, 5.74) is 0.0939. The summed E-state index contributed by atoms with van der Waals surface area (Å²) in [5, 5.41) is 38.7. The summed E-state index contributed by atoms with van der Waals surface area (Å²) >= 11 is 0. The van der Waals surface area contributed by atoms with Crippen LogP contribution < -0.4 is 5.32 Å². The zero-order valence-electron chi connectivity index (χ0n) is 21.2. The highest BCUT2D eigenvalue weighted by Gasteiger charge is 2.31. The predicted molar refractivity (Wildman–Crippen MR) is 133 cm³/mol. The molecule has 0 heterocycles. The van der Waals surface area contributed by atoms with Gasteiger partial charge in [0, 0.05) is 24.8 Å². The largest absolute Gasteiger partial charge is 0.481 e. The molecule has 0 saturated heterocycles. The Labute approximate surface area is 227 Å². The van der Waals surface area contributed by atoms with Crippen LogP contribution in [0.25, 0.3) is 0 Å². The summed E-state index contributed by atoms with van der Waals surface area (Å²) in [6.07, 6.45) is -3.34. The topological polar surface area (TPSA) is 242 Å². The highest BCUT2D eigenvalue weighted by molar-refractivity contribution is 7.52. The SMILES string of the molecule is O=C(O)CC[C@H](CP(=O)(O)OCCC[C@H](NC(=O)CC[C@H](CC(=O)c1ccc([18F])cc1)C(=O)O)C(=O)O)C(=O)O. The standard InChI is InChI=1S/C24H31FNO13P/c25-17-7-3-14(4-8-17)19(27)12-15(22(31)32)5-9-20(28)26-18(24(35)36)2-1-11-39-40(37,38)13-16(23(33)34)6-10-21(29)30/h3-4,7-8,15-16,18H,1-2,5-6,9-13H2,(H,26,28)(H,29,30)(H,31,32)(H,33,34)(H,35,36)(H,37,38)/t15-,16-,18+/m1/s1/i25-1. The number of carbonyl (C=O) groups is 6. The lowest BCUT2D eigenvalue weighted by Gasteiger charge is -2.18. The van der Waals surface area contributed by atoms with Crippen LogP contribution in [0.2, 0.25) is 0 Å². The Morgan fingerprint density at radius 3 is 1.95 bits per heavy atom. The Balaban J connectivity index is 2.56. The normalized spacial score (nSPS) is 14.8. The fourth-order valence-electron chi connectivity index (χ4n) is 3.54. The van der Waals surface area contributed by atoms with Crippen molar-refractivity contribution < 1.29 is 67.6 Å². The lowest BCUT2D eigenvalue weighted by Crippen LogP contribution is -2.41. The lowest BCUT2D eigenvalue weighted by molar-refractivity contribution is -0.144. The number of carboxylic acid groups (broad SMARTS) is 4. The Morgan fingerprint density at radius 1 is 0.850 bits per heavy atom. The Hall–Kier alpha value is -3.68. The van der Waals surface area contributed by atoms with Gasteiger partial charge < -0.3 is 35.2 Å². The van der Waals surface area contributed by atoms with Crippen molar-refractivity contribution in [2.24, 2.45) is 11.8 Å². The fourth-order valence-corrected chi connectivity index (χ4v) is 4.95. The third-order valence-corrected chi connectivity index (χ3v) is 7.23. The van der Waals surface area contributed by atoms with Crippen molar-refractivity contribution in [2.75, 3.05) is 12.8 Å². The fraction of sp³-hybridized carbons (Fsp3) is 0.500. The number of nitrogens with one attached hydrogen (secondary N) is 1. The second-order valence-electron chi connectivity index (χ2n) is 8.93. The third-order valence-electron chi connectivity index (χ3n) is 5.74. The zero-order valence-corrected chi connectivity index (χ0v) is 22.1. The van der Waals surface area contributed by atoms with Gasteiger partial charge >= 0.3 is 31.5 Å². The molecular weight excluding hydrogens is 559 g/mol. The molecule has 14 nitrogen and oxygen atoms in total. The first kappa shape index (κ1) is 34.3. The molecule has 1 unspecified atom stereocenters. The van der Waals surface area contributed by atoms with Crippen LogP contribution >= 0.6 is 7.60 Å². The number of Topliss-reactive ketones (excluding diaryl/α,β-unsaturated/α-hetero) is 1. The quantitative estimate of drug-likeness (QED) is 0.0724. The van der Waals surface area contributed by atoms with E-state index in [1.54, 1.807) is 0 Å². The van der Waals surface area contributed by atoms with Crippen LogP contribution in [-0.4, -0.2) is 79.7 Å². The van der Waals surface area contributed by atoms with E-state index < -0.39 is 105 Å². The highest BCUT2D eigenvalue weighted by Crippen LogP contribution is 2.44. The molecule has 0 aliphatic carbocycles. The number of aliphatic carboxylic acids is 4. The molecule has 40 heavy (non-hydrogen) atoms. The molecule has 4 atom stereocenters. The molecule has 1 aromatic carbocycles. The van der Waals surface area contributed by atoms with Crippen molar-refractivity contribution in [3.05, 3.63) is 35.6 Å². The van der Waals surface area contributed by atoms with Gasteiger partial charge in [0.05, 0.1) is 24.6 Å². The Morgan fingerprint density at radius 2 is 1.43 bits per heavy atom. The van der Waals surface area contributed by atoms with Gasteiger partial charge in [-0.05, 0) is 49.9 Å². The molecule has 0 radical (unpaired) electrons. The second-order valence-corrected chi connectivity index (χ2v) is 10.8. The van der Waals surface area contributed by atoms with Gasteiger partial charge in [-0.2, -0.15) is 0 Å². The van der Waals surface area contributed by atoms with E-state index in [1.165, 1.54) is 12.1 Å².